The van der Waals surface area contributed by atoms with E-state index in [0.29, 0.717) is 16.5 Å². The zero-order chi connectivity index (χ0) is 10.8. The summed E-state index contributed by atoms with van der Waals surface area (Å²) in [5.41, 5.74) is 12.7. The molecular weight excluding hydrogens is 212 g/mol. The van der Waals surface area contributed by atoms with Crippen molar-refractivity contribution in [3.05, 3.63) is 35.4 Å². The highest BCUT2D eigenvalue weighted by Crippen LogP contribution is 2.21. The third kappa shape index (κ3) is 2.16. The topological polar surface area (TPSA) is 77.8 Å². The van der Waals surface area contributed by atoms with Gasteiger partial charge in [0.15, 0.2) is 0 Å². The average Bonchev–Trinajstić information content (AvgIpc) is 2.17. The van der Waals surface area contributed by atoms with E-state index < -0.39 is 0 Å². The Balaban J connectivity index is 2.49. The van der Waals surface area contributed by atoms with E-state index in [1.807, 2.05) is 12.1 Å². The maximum absolute atomic E-state index is 5.78. The maximum atomic E-state index is 5.78. The van der Waals surface area contributed by atoms with Crippen LogP contribution < -0.4 is 11.5 Å². The second-order valence-electron chi connectivity index (χ2n) is 3.04. The Bertz CT molecular complexity index is 461. The van der Waals surface area contributed by atoms with Crippen molar-refractivity contribution in [2.45, 2.75) is 0 Å². The SMILES string of the molecule is Nc1cc(-c2ccc(Cl)cc2)nc(N)n1. The van der Waals surface area contributed by atoms with Crippen LogP contribution in [-0.2, 0) is 0 Å². The molecule has 4 nitrogen and oxygen atoms in total. The molecule has 0 aliphatic rings. The molecule has 1 aromatic heterocycles. The van der Waals surface area contributed by atoms with Crippen molar-refractivity contribution < 1.29 is 0 Å². The van der Waals surface area contributed by atoms with Crippen LogP contribution in [0.2, 0.25) is 5.02 Å². The summed E-state index contributed by atoms with van der Waals surface area (Å²) in [6.45, 7) is 0. The number of nitrogens with two attached hydrogens (primary N) is 2. The summed E-state index contributed by atoms with van der Waals surface area (Å²) in [6.07, 6.45) is 0. The predicted octanol–water partition coefficient (Wildman–Crippen LogP) is 1.96. The molecule has 2 aromatic rings. The fourth-order valence-electron chi connectivity index (χ4n) is 1.25. The van der Waals surface area contributed by atoms with Gasteiger partial charge in [-0.15, -0.1) is 0 Å². The van der Waals surface area contributed by atoms with E-state index in [2.05, 4.69) is 9.97 Å². The van der Waals surface area contributed by atoms with E-state index in [9.17, 15) is 0 Å². The van der Waals surface area contributed by atoms with Crippen molar-refractivity contribution >= 4 is 23.4 Å². The predicted molar refractivity (Wildman–Crippen MR) is 61.3 cm³/mol. The number of benzene rings is 1. The third-order valence-corrected chi connectivity index (χ3v) is 2.16. The van der Waals surface area contributed by atoms with Crippen molar-refractivity contribution in [1.82, 2.24) is 9.97 Å². The van der Waals surface area contributed by atoms with Crippen LogP contribution in [0.4, 0.5) is 11.8 Å². The monoisotopic (exact) mass is 220 g/mol. The molecule has 1 aromatic carbocycles. The summed E-state index contributed by atoms with van der Waals surface area (Å²) in [6, 6.07) is 8.93. The van der Waals surface area contributed by atoms with Gasteiger partial charge in [-0.1, -0.05) is 23.7 Å². The van der Waals surface area contributed by atoms with Crippen LogP contribution in [0.1, 0.15) is 0 Å². The molecule has 0 radical (unpaired) electrons. The van der Waals surface area contributed by atoms with Crippen molar-refractivity contribution in [2.75, 3.05) is 11.5 Å². The van der Waals surface area contributed by atoms with E-state index in [1.54, 1.807) is 18.2 Å². The molecule has 0 bridgehead atoms. The summed E-state index contributed by atoms with van der Waals surface area (Å²) in [5, 5.41) is 0.675. The molecule has 5 heteroatoms. The van der Waals surface area contributed by atoms with E-state index in [-0.39, 0.29) is 5.95 Å². The van der Waals surface area contributed by atoms with E-state index >= 15 is 0 Å². The number of hydrogen-bond acceptors (Lipinski definition) is 4. The normalized spacial score (nSPS) is 10.2. The Hall–Kier alpha value is -1.81. The zero-order valence-corrected chi connectivity index (χ0v) is 8.57. The minimum atomic E-state index is 0.167. The molecule has 15 heavy (non-hydrogen) atoms. The highest BCUT2D eigenvalue weighted by molar-refractivity contribution is 6.30. The van der Waals surface area contributed by atoms with Gasteiger partial charge in [-0.05, 0) is 12.1 Å². The number of nitrogen functional groups attached to an aromatic ring is 2. The first-order valence-corrected chi connectivity index (χ1v) is 4.69. The molecule has 0 spiro atoms. The van der Waals surface area contributed by atoms with Gasteiger partial charge in [-0.2, -0.15) is 4.98 Å². The van der Waals surface area contributed by atoms with Crippen molar-refractivity contribution in [3.63, 3.8) is 0 Å². The first-order chi connectivity index (χ1) is 7.15. The van der Waals surface area contributed by atoms with Crippen molar-refractivity contribution in [1.29, 1.82) is 0 Å². The molecule has 0 aliphatic heterocycles. The quantitative estimate of drug-likeness (QED) is 0.770. The standard InChI is InChI=1S/C10H9ClN4/c11-7-3-1-6(2-4-7)8-5-9(12)15-10(13)14-8/h1-5H,(H4,12,13,14,15). The summed E-state index contributed by atoms with van der Waals surface area (Å²) in [7, 11) is 0. The number of rotatable bonds is 1. The summed E-state index contributed by atoms with van der Waals surface area (Å²) >= 11 is 5.78. The lowest BCUT2D eigenvalue weighted by Gasteiger charge is -2.02. The number of aromatic nitrogens is 2. The van der Waals surface area contributed by atoms with Crippen LogP contribution in [-0.4, -0.2) is 9.97 Å². The molecule has 0 saturated heterocycles. The van der Waals surface area contributed by atoms with Crippen LogP contribution in [0.15, 0.2) is 30.3 Å². The van der Waals surface area contributed by atoms with Gasteiger partial charge in [-0.3, -0.25) is 0 Å². The van der Waals surface area contributed by atoms with Crippen LogP contribution in [0.25, 0.3) is 11.3 Å². The van der Waals surface area contributed by atoms with Gasteiger partial charge in [0, 0.05) is 16.7 Å². The highest BCUT2D eigenvalue weighted by atomic mass is 35.5. The lowest BCUT2D eigenvalue weighted by Crippen LogP contribution is -2.00. The van der Waals surface area contributed by atoms with E-state index in [4.69, 9.17) is 23.1 Å². The Labute approximate surface area is 91.9 Å². The van der Waals surface area contributed by atoms with Gasteiger partial charge in [0.1, 0.15) is 5.82 Å². The lowest BCUT2D eigenvalue weighted by molar-refractivity contribution is 1.20. The smallest absolute Gasteiger partial charge is 0.222 e. The Morgan fingerprint density at radius 3 is 2.27 bits per heavy atom. The molecule has 2 rings (SSSR count). The van der Waals surface area contributed by atoms with Crippen LogP contribution >= 0.6 is 11.6 Å². The van der Waals surface area contributed by atoms with Gasteiger partial charge in [0.25, 0.3) is 0 Å². The zero-order valence-electron chi connectivity index (χ0n) is 7.81. The molecule has 0 fully saturated rings. The minimum Gasteiger partial charge on any atom is -0.384 e. The second kappa shape index (κ2) is 3.74. The van der Waals surface area contributed by atoms with Gasteiger partial charge < -0.3 is 11.5 Å². The van der Waals surface area contributed by atoms with Gasteiger partial charge in [0.2, 0.25) is 5.95 Å². The molecule has 0 amide bonds. The first-order valence-electron chi connectivity index (χ1n) is 4.31. The molecule has 0 unspecified atom stereocenters. The van der Waals surface area contributed by atoms with Crippen LogP contribution in [0.5, 0.6) is 0 Å². The number of nitrogens with zero attached hydrogens (tertiary/aromatic N) is 2. The molecule has 4 N–H and O–H groups in total. The Morgan fingerprint density at radius 1 is 1.00 bits per heavy atom. The number of hydrogen-bond donors (Lipinski definition) is 2. The van der Waals surface area contributed by atoms with E-state index in [1.165, 1.54) is 0 Å². The summed E-state index contributed by atoms with van der Waals surface area (Å²) in [4.78, 5) is 7.87. The second-order valence-corrected chi connectivity index (χ2v) is 3.48. The Kier molecular flexibility index (Phi) is 2.43. The fourth-order valence-corrected chi connectivity index (χ4v) is 1.38. The highest BCUT2D eigenvalue weighted by Gasteiger charge is 2.02. The largest absolute Gasteiger partial charge is 0.384 e. The molecule has 0 saturated carbocycles. The molecule has 0 aliphatic carbocycles. The Morgan fingerprint density at radius 2 is 1.67 bits per heavy atom. The van der Waals surface area contributed by atoms with Crippen molar-refractivity contribution in [3.8, 4) is 11.3 Å². The summed E-state index contributed by atoms with van der Waals surface area (Å²) in [5.74, 6) is 0.521. The molecular formula is C10H9ClN4. The summed E-state index contributed by atoms with van der Waals surface area (Å²) < 4.78 is 0. The third-order valence-electron chi connectivity index (χ3n) is 1.90. The van der Waals surface area contributed by atoms with Crippen LogP contribution in [0, 0.1) is 0 Å². The first kappa shape index (κ1) is 9.73. The molecule has 1 heterocycles. The molecule has 0 atom stereocenters. The van der Waals surface area contributed by atoms with E-state index in [0.717, 1.165) is 5.56 Å². The number of anilines is 2. The van der Waals surface area contributed by atoms with Gasteiger partial charge >= 0.3 is 0 Å². The molecule has 76 valence electrons. The lowest BCUT2D eigenvalue weighted by atomic mass is 10.1. The minimum absolute atomic E-state index is 0.167. The fraction of sp³-hybridized carbons (Fsp3) is 0. The average molecular weight is 221 g/mol. The number of halogens is 1. The van der Waals surface area contributed by atoms with Crippen LogP contribution in [0.3, 0.4) is 0 Å². The van der Waals surface area contributed by atoms with Crippen molar-refractivity contribution in [2.24, 2.45) is 0 Å². The van der Waals surface area contributed by atoms with Gasteiger partial charge in [0.05, 0.1) is 5.69 Å². The van der Waals surface area contributed by atoms with Gasteiger partial charge in [-0.25, -0.2) is 4.98 Å². The maximum Gasteiger partial charge on any atom is 0.222 e.